The number of hydrogen-bond donors (Lipinski definition) is 1. The number of rotatable bonds is 3. The fourth-order valence-corrected chi connectivity index (χ4v) is 2.38. The van der Waals surface area contributed by atoms with Gasteiger partial charge >= 0.3 is 0 Å². The number of hydrogen-bond acceptors (Lipinski definition) is 2. The van der Waals surface area contributed by atoms with E-state index in [1.807, 2.05) is 0 Å². The Morgan fingerprint density at radius 2 is 1.75 bits per heavy atom. The molecule has 0 radical (unpaired) electrons. The van der Waals surface area contributed by atoms with Crippen LogP contribution in [0.2, 0.25) is 0 Å². The molecule has 0 bridgehead atoms. The summed E-state index contributed by atoms with van der Waals surface area (Å²) in [5, 5.41) is 3.68. The molecule has 0 aromatic rings. The molecule has 1 unspecified atom stereocenters. The van der Waals surface area contributed by atoms with Gasteiger partial charge in [-0.05, 0) is 25.2 Å². The second kappa shape index (κ2) is 9.00. The zero-order valence-electron chi connectivity index (χ0n) is 11.1. The van der Waals surface area contributed by atoms with Crippen molar-refractivity contribution in [1.82, 2.24) is 5.32 Å². The monoisotopic (exact) mass is 227 g/mol. The van der Waals surface area contributed by atoms with Crippen molar-refractivity contribution in [2.75, 3.05) is 19.8 Å². The van der Waals surface area contributed by atoms with E-state index in [9.17, 15) is 0 Å². The van der Waals surface area contributed by atoms with Crippen LogP contribution in [0.25, 0.3) is 0 Å². The largest absolute Gasteiger partial charge is 0.381 e. The van der Waals surface area contributed by atoms with E-state index >= 15 is 0 Å². The van der Waals surface area contributed by atoms with Crippen molar-refractivity contribution < 1.29 is 4.74 Å². The molecule has 1 saturated carbocycles. The summed E-state index contributed by atoms with van der Waals surface area (Å²) in [6, 6.07) is 0.814. The average molecular weight is 227 g/mol. The van der Waals surface area contributed by atoms with E-state index in [1.54, 1.807) is 0 Å². The molecule has 0 amide bonds. The van der Waals surface area contributed by atoms with Crippen LogP contribution in [0.1, 0.15) is 58.8 Å². The molecular weight excluding hydrogens is 198 g/mol. The summed E-state index contributed by atoms with van der Waals surface area (Å²) in [4.78, 5) is 0. The van der Waals surface area contributed by atoms with E-state index in [1.165, 1.54) is 51.5 Å². The number of nitrogens with one attached hydrogen (secondary N) is 1. The Labute approximate surface area is 101 Å². The molecule has 0 aromatic heterocycles. The van der Waals surface area contributed by atoms with Crippen LogP contribution in [-0.2, 0) is 4.74 Å². The summed E-state index contributed by atoms with van der Waals surface area (Å²) >= 11 is 0. The third kappa shape index (κ3) is 5.86. The molecule has 2 fully saturated rings. The third-order valence-corrected chi connectivity index (χ3v) is 3.32. The zero-order valence-corrected chi connectivity index (χ0v) is 11.1. The fraction of sp³-hybridized carbons (Fsp3) is 1.00. The Hall–Kier alpha value is -0.0800. The van der Waals surface area contributed by atoms with Crippen molar-refractivity contribution in [2.24, 2.45) is 5.92 Å². The van der Waals surface area contributed by atoms with Gasteiger partial charge in [-0.3, -0.25) is 0 Å². The summed E-state index contributed by atoms with van der Waals surface area (Å²) in [5.74, 6) is 0.793. The maximum Gasteiger partial charge on any atom is 0.0507 e. The van der Waals surface area contributed by atoms with Gasteiger partial charge in [0.2, 0.25) is 0 Å². The molecule has 2 rings (SSSR count). The summed E-state index contributed by atoms with van der Waals surface area (Å²) < 4.78 is 5.36. The van der Waals surface area contributed by atoms with E-state index in [2.05, 4.69) is 19.2 Å². The first-order chi connectivity index (χ1) is 7.86. The minimum absolute atomic E-state index is 0.793. The summed E-state index contributed by atoms with van der Waals surface area (Å²) in [7, 11) is 0. The average Bonchev–Trinajstić information content (AvgIpc) is 2.82. The van der Waals surface area contributed by atoms with Crippen molar-refractivity contribution in [1.29, 1.82) is 0 Å². The number of ether oxygens (including phenoxy) is 1. The first-order valence-corrected chi connectivity index (χ1v) is 7.18. The van der Waals surface area contributed by atoms with Gasteiger partial charge in [-0.25, -0.2) is 0 Å². The normalized spacial score (nSPS) is 26.2. The van der Waals surface area contributed by atoms with Crippen LogP contribution >= 0.6 is 0 Å². The molecule has 1 heterocycles. The lowest BCUT2D eigenvalue weighted by Gasteiger charge is -2.24. The highest BCUT2D eigenvalue weighted by Crippen LogP contribution is 2.18. The Morgan fingerprint density at radius 3 is 2.31 bits per heavy atom. The van der Waals surface area contributed by atoms with Crippen LogP contribution < -0.4 is 5.32 Å². The first kappa shape index (κ1) is 14.0. The molecule has 1 N–H and O–H groups in total. The van der Waals surface area contributed by atoms with Gasteiger partial charge in [-0.1, -0.05) is 39.5 Å². The van der Waals surface area contributed by atoms with E-state index in [0.717, 1.165) is 25.2 Å². The van der Waals surface area contributed by atoms with E-state index < -0.39 is 0 Å². The van der Waals surface area contributed by atoms with Crippen molar-refractivity contribution >= 4 is 0 Å². The van der Waals surface area contributed by atoms with Crippen molar-refractivity contribution in [3.8, 4) is 0 Å². The third-order valence-electron chi connectivity index (χ3n) is 3.32. The van der Waals surface area contributed by atoms with Crippen LogP contribution in [0.15, 0.2) is 0 Å². The molecule has 1 aliphatic heterocycles. The standard InChI is InChI=1S/C11H21NO.C3H8/c1-2-4-11(5-3-1)12-8-10-6-7-13-9-10;1-3-2/h10-12H,1-9H2;3H2,1-2H3. The highest BCUT2D eigenvalue weighted by Gasteiger charge is 2.18. The molecule has 0 spiro atoms. The van der Waals surface area contributed by atoms with Gasteiger partial charge in [0.25, 0.3) is 0 Å². The molecule has 2 nitrogen and oxygen atoms in total. The second-order valence-electron chi connectivity index (χ2n) is 5.18. The summed E-state index contributed by atoms with van der Waals surface area (Å²) in [5.41, 5.74) is 0. The van der Waals surface area contributed by atoms with Crippen molar-refractivity contribution in [3.05, 3.63) is 0 Å². The summed E-state index contributed by atoms with van der Waals surface area (Å²) in [6.45, 7) is 7.40. The Kier molecular flexibility index (Phi) is 7.87. The van der Waals surface area contributed by atoms with Crippen LogP contribution in [0, 0.1) is 5.92 Å². The molecule has 1 atom stereocenters. The van der Waals surface area contributed by atoms with Crippen LogP contribution in [0.5, 0.6) is 0 Å². The van der Waals surface area contributed by atoms with Crippen LogP contribution in [0.3, 0.4) is 0 Å². The van der Waals surface area contributed by atoms with Gasteiger partial charge in [0.15, 0.2) is 0 Å². The second-order valence-corrected chi connectivity index (χ2v) is 5.18. The molecular formula is C14H29NO. The molecule has 1 aliphatic carbocycles. The first-order valence-electron chi connectivity index (χ1n) is 7.18. The van der Waals surface area contributed by atoms with Crippen molar-refractivity contribution in [2.45, 2.75) is 64.8 Å². The van der Waals surface area contributed by atoms with Gasteiger partial charge in [-0.2, -0.15) is 0 Å². The van der Waals surface area contributed by atoms with Gasteiger partial charge in [-0.15, -0.1) is 0 Å². The SMILES string of the molecule is C1CCC(NCC2CCOC2)CC1.CCC. The molecule has 0 aromatic carbocycles. The fourth-order valence-electron chi connectivity index (χ4n) is 2.38. The molecule has 96 valence electrons. The topological polar surface area (TPSA) is 21.3 Å². The lowest BCUT2D eigenvalue weighted by Crippen LogP contribution is -2.34. The molecule has 2 aliphatic rings. The van der Waals surface area contributed by atoms with Gasteiger partial charge in [0.1, 0.15) is 0 Å². The Bertz CT molecular complexity index is 149. The molecule has 1 saturated heterocycles. The van der Waals surface area contributed by atoms with Crippen LogP contribution in [0.4, 0.5) is 0 Å². The maximum absolute atomic E-state index is 5.36. The van der Waals surface area contributed by atoms with E-state index in [-0.39, 0.29) is 0 Å². The van der Waals surface area contributed by atoms with Crippen LogP contribution in [-0.4, -0.2) is 25.8 Å². The van der Waals surface area contributed by atoms with Gasteiger partial charge in [0.05, 0.1) is 6.61 Å². The minimum atomic E-state index is 0.793. The highest BCUT2D eigenvalue weighted by atomic mass is 16.5. The minimum Gasteiger partial charge on any atom is -0.381 e. The van der Waals surface area contributed by atoms with Gasteiger partial charge in [0, 0.05) is 19.2 Å². The Morgan fingerprint density at radius 1 is 1.06 bits per heavy atom. The maximum atomic E-state index is 5.36. The molecule has 16 heavy (non-hydrogen) atoms. The predicted molar refractivity (Wildman–Crippen MR) is 69.8 cm³/mol. The smallest absolute Gasteiger partial charge is 0.0507 e. The highest BCUT2D eigenvalue weighted by molar-refractivity contribution is 4.75. The predicted octanol–water partition coefficient (Wildman–Crippen LogP) is 3.36. The van der Waals surface area contributed by atoms with E-state index in [0.29, 0.717) is 0 Å². The van der Waals surface area contributed by atoms with E-state index in [4.69, 9.17) is 4.74 Å². The lowest BCUT2D eigenvalue weighted by molar-refractivity contribution is 0.184. The summed E-state index contributed by atoms with van der Waals surface area (Å²) in [6.07, 6.45) is 9.61. The quantitative estimate of drug-likeness (QED) is 0.798. The lowest BCUT2D eigenvalue weighted by atomic mass is 9.95. The Balaban J connectivity index is 0.000000386. The zero-order chi connectivity index (χ0) is 11.6. The van der Waals surface area contributed by atoms with Gasteiger partial charge < -0.3 is 10.1 Å². The van der Waals surface area contributed by atoms with Crippen molar-refractivity contribution in [3.63, 3.8) is 0 Å². The molecule has 2 heteroatoms.